The van der Waals surface area contributed by atoms with Crippen molar-refractivity contribution in [1.82, 2.24) is 24.3 Å². The van der Waals surface area contributed by atoms with Gasteiger partial charge in [-0.05, 0) is 40.3 Å². The quantitative estimate of drug-likeness (QED) is 0.840. The number of rotatable bonds is 4. The van der Waals surface area contributed by atoms with Crippen molar-refractivity contribution in [3.63, 3.8) is 0 Å². The van der Waals surface area contributed by atoms with Gasteiger partial charge in [-0.25, -0.2) is 9.34 Å². The summed E-state index contributed by atoms with van der Waals surface area (Å²) in [6.45, 7) is 0. The first-order valence-electron chi connectivity index (χ1n) is 6.12. The van der Waals surface area contributed by atoms with Gasteiger partial charge in [-0.3, -0.25) is 4.57 Å². The minimum atomic E-state index is -3.01. The molecule has 0 aliphatic carbocycles. The lowest BCUT2D eigenvalue weighted by atomic mass is 10.3. The molecular weight excluding hydrogens is 275 g/mol. The number of hydrogen-bond acceptors (Lipinski definition) is 4. The lowest BCUT2D eigenvalue weighted by Crippen LogP contribution is -2.31. The molecule has 0 amide bonds. The average molecular weight is 294 g/mol. The normalized spacial score (nSPS) is 12.3. The molecule has 8 heteroatoms. The first-order chi connectivity index (χ1) is 9.37. The lowest BCUT2D eigenvalue weighted by Gasteiger charge is -2.28. The molecule has 0 aliphatic rings. The molecule has 20 heavy (non-hydrogen) atoms. The van der Waals surface area contributed by atoms with Crippen molar-refractivity contribution in [2.45, 2.75) is 0 Å². The molecule has 1 heterocycles. The van der Waals surface area contributed by atoms with Crippen molar-refractivity contribution >= 4 is 18.7 Å². The molecule has 1 aromatic heterocycles. The van der Waals surface area contributed by atoms with Gasteiger partial charge in [-0.15, -0.1) is 15.0 Å². The van der Waals surface area contributed by atoms with Crippen LogP contribution in [-0.4, -0.2) is 52.5 Å². The van der Waals surface area contributed by atoms with Gasteiger partial charge in [0.15, 0.2) is 11.3 Å². The lowest BCUT2D eigenvalue weighted by molar-refractivity contribution is 0.459. The van der Waals surface area contributed by atoms with Crippen LogP contribution in [0.1, 0.15) is 0 Å². The molecule has 0 saturated carbocycles. The Balaban J connectivity index is 2.55. The molecule has 0 bridgehead atoms. The summed E-state index contributed by atoms with van der Waals surface area (Å²) in [5.41, 5.74) is 7.00. The van der Waals surface area contributed by atoms with Crippen LogP contribution < -0.4 is 11.2 Å². The highest BCUT2D eigenvalue weighted by Crippen LogP contribution is 2.48. The zero-order valence-electron chi connectivity index (χ0n) is 12.1. The van der Waals surface area contributed by atoms with Gasteiger partial charge >= 0.3 is 0 Å². The zero-order valence-corrected chi connectivity index (χ0v) is 13.0. The van der Waals surface area contributed by atoms with Crippen LogP contribution in [0.3, 0.4) is 0 Å². The Bertz CT molecular complexity index is 625. The van der Waals surface area contributed by atoms with E-state index in [1.54, 1.807) is 37.5 Å². The molecule has 0 spiro atoms. The number of anilines is 1. The number of nitrogen functional groups attached to an aromatic ring is 1. The molecule has 2 rings (SSSR count). The van der Waals surface area contributed by atoms with Crippen molar-refractivity contribution in [3.05, 3.63) is 30.3 Å². The van der Waals surface area contributed by atoms with Gasteiger partial charge in [0.25, 0.3) is 7.44 Å². The SMILES string of the molecule is CN(C)P(=O)(c1nn(-c2ccccc2)nc1N)N(C)C. The molecule has 0 fully saturated rings. The maximum absolute atomic E-state index is 13.1. The minimum absolute atomic E-state index is 0.180. The highest BCUT2D eigenvalue weighted by atomic mass is 31.2. The first kappa shape index (κ1) is 14.7. The molecule has 0 radical (unpaired) electrons. The van der Waals surface area contributed by atoms with Gasteiger partial charge in [-0.2, -0.15) is 0 Å². The summed E-state index contributed by atoms with van der Waals surface area (Å²) >= 11 is 0. The minimum Gasteiger partial charge on any atom is -0.380 e. The molecular formula is C12H19N6OP. The Hall–Kier alpha value is -1.69. The van der Waals surface area contributed by atoms with Crippen LogP contribution in [0.4, 0.5) is 5.82 Å². The van der Waals surface area contributed by atoms with Gasteiger partial charge < -0.3 is 5.73 Å². The van der Waals surface area contributed by atoms with Crippen LogP contribution in [0.15, 0.2) is 30.3 Å². The van der Waals surface area contributed by atoms with E-state index >= 15 is 0 Å². The molecule has 2 aromatic rings. The van der Waals surface area contributed by atoms with Gasteiger partial charge in [0, 0.05) is 0 Å². The van der Waals surface area contributed by atoms with Crippen molar-refractivity contribution in [1.29, 1.82) is 0 Å². The number of nitrogens with zero attached hydrogens (tertiary/aromatic N) is 5. The van der Waals surface area contributed by atoms with Crippen molar-refractivity contribution in [2.24, 2.45) is 0 Å². The zero-order chi connectivity index (χ0) is 14.9. The maximum atomic E-state index is 13.1. The van der Waals surface area contributed by atoms with Crippen LogP contribution in [-0.2, 0) is 4.57 Å². The van der Waals surface area contributed by atoms with Crippen LogP contribution in [0.25, 0.3) is 5.69 Å². The summed E-state index contributed by atoms with van der Waals surface area (Å²) in [6, 6.07) is 9.39. The fourth-order valence-electron chi connectivity index (χ4n) is 1.93. The molecule has 1 aromatic carbocycles. The van der Waals surface area contributed by atoms with Gasteiger partial charge in [0.1, 0.15) is 0 Å². The third-order valence-electron chi connectivity index (χ3n) is 2.97. The second kappa shape index (κ2) is 5.36. The molecule has 0 saturated heterocycles. The van der Waals surface area contributed by atoms with E-state index in [1.165, 1.54) is 4.80 Å². The van der Waals surface area contributed by atoms with E-state index < -0.39 is 7.44 Å². The van der Waals surface area contributed by atoms with E-state index in [1.807, 2.05) is 30.3 Å². The smallest absolute Gasteiger partial charge is 0.268 e. The molecule has 2 N–H and O–H groups in total. The van der Waals surface area contributed by atoms with Gasteiger partial charge in [-0.1, -0.05) is 18.2 Å². The third kappa shape index (κ3) is 2.35. The molecule has 0 atom stereocenters. The maximum Gasteiger partial charge on any atom is 0.268 e. The van der Waals surface area contributed by atoms with Crippen molar-refractivity contribution in [3.8, 4) is 5.69 Å². The second-order valence-corrected chi connectivity index (χ2v) is 7.88. The second-order valence-electron chi connectivity index (χ2n) is 4.77. The van der Waals surface area contributed by atoms with Crippen molar-refractivity contribution in [2.75, 3.05) is 33.9 Å². The van der Waals surface area contributed by atoms with E-state index in [-0.39, 0.29) is 5.82 Å². The number of nitrogens with two attached hydrogens (primary N) is 1. The summed E-state index contributed by atoms with van der Waals surface area (Å²) in [5, 5.41) is 8.50. The Morgan fingerprint density at radius 2 is 1.60 bits per heavy atom. The summed E-state index contributed by atoms with van der Waals surface area (Å²) in [4.78, 5) is 1.41. The highest BCUT2D eigenvalue weighted by molar-refractivity contribution is 7.67. The van der Waals surface area contributed by atoms with E-state index in [0.717, 1.165) is 5.69 Å². The standard InChI is InChI=1S/C12H19N6OP/c1-16(2)20(19,17(3)4)12-11(13)14-18(15-12)10-8-6-5-7-9-10/h5-9H,1-4H3,(H2,13,14). The van der Waals surface area contributed by atoms with Crippen LogP contribution >= 0.6 is 7.44 Å². The predicted molar refractivity (Wildman–Crippen MR) is 80.4 cm³/mol. The van der Waals surface area contributed by atoms with Crippen molar-refractivity contribution < 1.29 is 4.57 Å². The fraction of sp³-hybridized carbons (Fsp3) is 0.333. The molecule has 0 unspecified atom stereocenters. The predicted octanol–water partition coefficient (Wildman–Crippen LogP) is 0.791. The molecule has 0 aliphatic heterocycles. The Labute approximate surface area is 118 Å². The van der Waals surface area contributed by atoms with E-state index in [9.17, 15) is 4.57 Å². The molecule has 108 valence electrons. The topological polar surface area (TPSA) is 80.3 Å². The summed E-state index contributed by atoms with van der Waals surface area (Å²) in [5.74, 6) is 0.180. The van der Waals surface area contributed by atoms with Gasteiger partial charge in [0.2, 0.25) is 0 Å². The third-order valence-corrected chi connectivity index (χ3v) is 6.01. The summed E-state index contributed by atoms with van der Waals surface area (Å²) in [6.07, 6.45) is 0. The largest absolute Gasteiger partial charge is 0.380 e. The Kier molecular flexibility index (Phi) is 3.94. The fourth-order valence-corrected chi connectivity index (χ4v) is 3.95. The number of hydrogen-bond donors (Lipinski definition) is 1. The monoisotopic (exact) mass is 294 g/mol. The highest BCUT2D eigenvalue weighted by Gasteiger charge is 2.36. The van der Waals surface area contributed by atoms with E-state index in [0.29, 0.717) is 5.44 Å². The average Bonchev–Trinajstić information content (AvgIpc) is 2.80. The number of aromatic nitrogens is 3. The first-order valence-corrected chi connectivity index (χ1v) is 7.73. The number of benzene rings is 1. The Morgan fingerprint density at radius 3 is 2.10 bits per heavy atom. The van der Waals surface area contributed by atoms with Crippen LogP contribution in [0.5, 0.6) is 0 Å². The Morgan fingerprint density at radius 1 is 1.05 bits per heavy atom. The summed E-state index contributed by atoms with van der Waals surface area (Å²) in [7, 11) is 3.95. The number of para-hydroxylation sites is 1. The van der Waals surface area contributed by atoms with E-state index in [4.69, 9.17) is 5.73 Å². The van der Waals surface area contributed by atoms with Crippen LogP contribution in [0, 0.1) is 0 Å². The van der Waals surface area contributed by atoms with E-state index in [2.05, 4.69) is 10.2 Å². The molecule has 7 nitrogen and oxygen atoms in total. The van der Waals surface area contributed by atoms with Crippen LogP contribution in [0.2, 0.25) is 0 Å². The van der Waals surface area contributed by atoms with Gasteiger partial charge in [0.05, 0.1) is 5.69 Å². The summed E-state index contributed by atoms with van der Waals surface area (Å²) < 4.78 is 16.4.